The van der Waals surface area contributed by atoms with E-state index in [1.54, 1.807) is 32.4 Å². The predicted molar refractivity (Wildman–Crippen MR) is 43.9 cm³/mol. The van der Waals surface area contributed by atoms with Crippen molar-refractivity contribution in [3.05, 3.63) is 23.8 Å². The number of carbonyl (C=O) groups excluding carboxylic acids is 1. The number of rotatable bonds is 1. The average molecular weight is 700 g/mol. The number of allylic oxidation sites excluding steroid dienone is 1. The molecule has 0 aromatic rings. The second-order valence-corrected chi connectivity index (χ2v) is 4.33. The summed E-state index contributed by atoms with van der Waals surface area (Å²) >= 11 is 4.60. The van der Waals surface area contributed by atoms with E-state index in [0.29, 0.717) is 5.92 Å². The molecular formula is C9H10NOW3-. The summed E-state index contributed by atoms with van der Waals surface area (Å²) in [7, 11) is 0. The van der Waals surface area contributed by atoms with Gasteiger partial charge in [-0.1, -0.05) is 0 Å². The second-order valence-electron chi connectivity index (χ2n) is 2.86. The van der Waals surface area contributed by atoms with Crippen molar-refractivity contribution in [2.45, 2.75) is 13.8 Å². The van der Waals surface area contributed by atoms with Gasteiger partial charge >= 0.3 is 115 Å². The van der Waals surface area contributed by atoms with Gasteiger partial charge in [-0.25, -0.2) is 0 Å². The van der Waals surface area contributed by atoms with Gasteiger partial charge in [0.2, 0.25) is 0 Å². The van der Waals surface area contributed by atoms with Crippen molar-refractivity contribution in [1.29, 1.82) is 0 Å². The van der Waals surface area contributed by atoms with Crippen LogP contribution in [-0.2, 0) is 56.6 Å². The maximum atomic E-state index is 10.9. The standard InChI is InChI=1S/C9H10NO.3W/c1-7(2)5-8-3-4-9(11)10-6-8;;;/h3-4,7H,1-2H3,(H,10,11);;;/q-1;;;. The van der Waals surface area contributed by atoms with E-state index in [1.165, 1.54) is 25.4 Å². The van der Waals surface area contributed by atoms with E-state index in [1.807, 2.05) is 6.08 Å². The molecule has 0 atom stereocenters. The second kappa shape index (κ2) is 8.09. The Labute approximate surface area is 114 Å². The molecule has 1 rings (SSSR count). The Morgan fingerprint density at radius 2 is 1.93 bits per heavy atom. The summed E-state index contributed by atoms with van der Waals surface area (Å²) in [5.41, 5.74) is 1.03. The van der Waals surface area contributed by atoms with Gasteiger partial charge in [-0.2, -0.15) is 0 Å². The summed E-state index contributed by atoms with van der Waals surface area (Å²) in [5, 5.41) is 2.76. The maximum absolute atomic E-state index is 10.9. The first-order valence-electron chi connectivity index (χ1n) is 3.93. The summed E-state index contributed by atoms with van der Waals surface area (Å²) in [4.78, 5) is 10.9. The van der Waals surface area contributed by atoms with Crippen molar-refractivity contribution < 1.29 is 56.6 Å². The Kier molecular flexibility index (Phi) is 8.60. The number of nitrogens with one attached hydrogen (secondary N) is 1. The molecular weight excluding hydrogens is 690 g/mol. The third kappa shape index (κ3) is 5.69. The third-order valence-corrected chi connectivity index (χ3v) is 2.48. The molecule has 0 aromatic carbocycles. The van der Waals surface area contributed by atoms with Crippen LogP contribution in [0.15, 0.2) is 17.7 Å². The predicted octanol–water partition coefficient (Wildman–Crippen LogP) is 0.730. The molecule has 1 aliphatic heterocycles. The van der Waals surface area contributed by atoms with Gasteiger partial charge in [0.1, 0.15) is 0 Å². The molecule has 14 heavy (non-hydrogen) atoms. The molecule has 0 aliphatic carbocycles. The molecule has 1 N–H and O–H groups in total. The molecule has 0 saturated carbocycles. The van der Waals surface area contributed by atoms with Gasteiger partial charge in [-0.3, -0.25) is 0 Å². The topological polar surface area (TPSA) is 29.1 Å². The molecule has 76 valence electrons. The molecule has 5 heteroatoms. The zero-order valence-electron chi connectivity index (χ0n) is 7.87. The van der Waals surface area contributed by atoms with E-state index in [9.17, 15) is 4.79 Å². The van der Waals surface area contributed by atoms with E-state index < -0.39 is 0 Å². The molecule has 1 aliphatic rings. The Hall–Kier alpha value is 0.885. The molecule has 1 heterocycles. The molecule has 0 saturated heterocycles. The fourth-order valence-corrected chi connectivity index (χ4v) is 1.70. The number of hydrogen-bond acceptors (Lipinski definition) is 1. The van der Waals surface area contributed by atoms with Gasteiger partial charge in [0.05, 0.1) is 0 Å². The van der Waals surface area contributed by atoms with Crippen LogP contribution in [0.4, 0.5) is 0 Å². The molecule has 0 unspecified atom stereocenters. The number of carbonyl (C=O) groups is 1. The van der Waals surface area contributed by atoms with Crippen molar-refractivity contribution in [2.24, 2.45) is 5.92 Å². The first-order valence-corrected chi connectivity index (χ1v) is 16.4. The van der Waals surface area contributed by atoms with Gasteiger partial charge in [-0.15, -0.1) is 0 Å². The molecule has 0 aromatic heterocycles. The monoisotopic (exact) mass is 700 g/mol. The van der Waals surface area contributed by atoms with Gasteiger partial charge < -0.3 is 0 Å². The van der Waals surface area contributed by atoms with E-state index in [4.69, 9.17) is 0 Å². The summed E-state index contributed by atoms with van der Waals surface area (Å²) in [6.07, 6.45) is 6.61. The fourth-order valence-electron chi connectivity index (χ4n) is 0.880. The van der Waals surface area contributed by atoms with Crippen LogP contribution in [0.25, 0.3) is 0 Å². The number of hydrogen-bond donors (Lipinski definition) is 1. The summed E-state index contributed by atoms with van der Waals surface area (Å²) in [5.74, 6) is 0.364. The van der Waals surface area contributed by atoms with Crippen LogP contribution in [0.3, 0.4) is 0 Å². The van der Waals surface area contributed by atoms with Crippen molar-refractivity contribution >= 4 is 9.93 Å². The summed E-state index contributed by atoms with van der Waals surface area (Å²) in [6, 6.07) is 0. The van der Waals surface area contributed by atoms with Crippen molar-refractivity contribution in [1.82, 2.24) is 5.32 Å². The zero-order valence-corrected chi connectivity index (χ0v) is 16.7. The Bertz CT molecular complexity index is 294. The first kappa shape index (κ1) is 14.9. The van der Waals surface area contributed by atoms with E-state index in [0.717, 1.165) is 9.59 Å². The Balaban J connectivity index is 0.000000791. The van der Waals surface area contributed by atoms with Crippen LogP contribution < -0.4 is 5.32 Å². The SMILES string of the molecule is CC(C)[C-]=C1C=CC(=O)N[C]1=[W].[W]=[W]. The Morgan fingerprint density at radius 1 is 1.36 bits per heavy atom. The van der Waals surface area contributed by atoms with E-state index in [-0.39, 0.29) is 5.91 Å². The van der Waals surface area contributed by atoms with Gasteiger partial charge in [0.25, 0.3) is 0 Å². The van der Waals surface area contributed by atoms with Gasteiger partial charge in [0.15, 0.2) is 0 Å². The minimum absolute atomic E-state index is 0.0330. The zero-order chi connectivity index (χ0) is 11.1. The first-order chi connectivity index (χ1) is 6.59. The normalized spacial score (nSPS) is 17.8. The van der Waals surface area contributed by atoms with E-state index >= 15 is 0 Å². The van der Waals surface area contributed by atoms with E-state index in [2.05, 4.69) is 25.2 Å². The molecule has 0 bridgehead atoms. The summed E-state index contributed by atoms with van der Waals surface area (Å²) < 4.78 is 0.969. The van der Waals surface area contributed by atoms with Crippen LogP contribution in [0.1, 0.15) is 13.8 Å². The van der Waals surface area contributed by atoms with Crippen LogP contribution in [0.2, 0.25) is 0 Å². The molecule has 0 fully saturated rings. The van der Waals surface area contributed by atoms with Crippen LogP contribution in [0.5, 0.6) is 0 Å². The molecule has 0 spiro atoms. The number of amides is 1. The third-order valence-electron chi connectivity index (χ3n) is 1.33. The van der Waals surface area contributed by atoms with Gasteiger partial charge in [0, 0.05) is 0 Å². The molecule has 1 amide bonds. The molecule has 2 nitrogen and oxygen atoms in total. The van der Waals surface area contributed by atoms with Crippen LogP contribution >= 0.6 is 0 Å². The fraction of sp³-hybridized carbons (Fsp3) is 0.333. The van der Waals surface area contributed by atoms with Crippen molar-refractivity contribution in [3.8, 4) is 0 Å². The summed E-state index contributed by atoms with van der Waals surface area (Å²) in [6.45, 7) is 4.14. The van der Waals surface area contributed by atoms with Gasteiger partial charge in [-0.05, 0) is 0 Å². The average Bonchev–Trinajstić information content (AvgIpc) is 2.13. The van der Waals surface area contributed by atoms with Crippen LogP contribution in [-0.4, -0.2) is 9.93 Å². The Morgan fingerprint density at radius 3 is 2.36 bits per heavy atom. The van der Waals surface area contributed by atoms with Crippen molar-refractivity contribution in [3.63, 3.8) is 0 Å². The quantitative estimate of drug-likeness (QED) is 0.403. The molecule has 0 radical (unpaired) electrons. The van der Waals surface area contributed by atoms with Crippen molar-refractivity contribution in [2.75, 3.05) is 0 Å². The minimum atomic E-state index is -0.0330. The van der Waals surface area contributed by atoms with Crippen LogP contribution in [0, 0.1) is 12.0 Å².